The quantitative estimate of drug-likeness (QED) is 0.902. The smallest absolute Gasteiger partial charge is 0.271 e. The van der Waals surface area contributed by atoms with Gasteiger partial charge < -0.3 is 5.32 Å². The van der Waals surface area contributed by atoms with Crippen molar-refractivity contribution in [2.45, 2.75) is 19.0 Å². The molecule has 0 unspecified atom stereocenters. The molecule has 1 aromatic rings. The van der Waals surface area contributed by atoms with Crippen molar-refractivity contribution < 1.29 is 14.4 Å². The second kappa shape index (κ2) is 5.46. The van der Waals surface area contributed by atoms with E-state index in [1.54, 1.807) is 17.8 Å². The molecule has 1 atom stereocenters. The minimum atomic E-state index is -0.576. The SMILES string of the molecule is Cc1ccccc1C(=O)N[C@@H]1CON(C2CSC2)C1=O. The zero-order chi connectivity index (χ0) is 14.1. The number of aryl methyl sites for hydroxylation is 1. The molecule has 2 aliphatic rings. The van der Waals surface area contributed by atoms with E-state index in [0.717, 1.165) is 17.1 Å². The zero-order valence-corrected chi connectivity index (χ0v) is 12.0. The van der Waals surface area contributed by atoms with E-state index in [-0.39, 0.29) is 24.5 Å². The molecule has 3 rings (SSSR count). The summed E-state index contributed by atoms with van der Waals surface area (Å²) < 4.78 is 0. The van der Waals surface area contributed by atoms with Crippen molar-refractivity contribution >= 4 is 23.6 Å². The molecule has 0 aliphatic carbocycles. The fraction of sp³-hybridized carbons (Fsp3) is 0.429. The number of carbonyl (C=O) groups is 2. The predicted octanol–water partition coefficient (Wildman–Crippen LogP) is 0.983. The maximum atomic E-state index is 12.2. The first kappa shape index (κ1) is 13.5. The van der Waals surface area contributed by atoms with Crippen molar-refractivity contribution in [1.29, 1.82) is 0 Å². The predicted molar refractivity (Wildman–Crippen MR) is 76.3 cm³/mol. The van der Waals surface area contributed by atoms with Gasteiger partial charge in [-0.2, -0.15) is 11.8 Å². The summed E-state index contributed by atoms with van der Waals surface area (Å²) in [7, 11) is 0. The minimum absolute atomic E-state index is 0.141. The third-order valence-electron chi connectivity index (χ3n) is 3.54. The third kappa shape index (κ3) is 2.41. The lowest BCUT2D eigenvalue weighted by Crippen LogP contribution is -2.49. The van der Waals surface area contributed by atoms with Gasteiger partial charge in [0, 0.05) is 17.1 Å². The van der Waals surface area contributed by atoms with E-state index >= 15 is 0 Å². The molecule has 1 aromatic carbocycles. The molecular weight excluding hydrogens is 276 g/mol. The van der Waals surface area contributed by atoms with E-state index < -0.39 is 6.04 Å². The highest BCUT2D eigenvalue weighted by Crippen LogP contribution is 2.26. The summed E-state index contributed by atoms with van der Waals surface area (Å²) in [5.74, 6) is 1.45. The Morgan fingerprint density at radius 1 is 1.40 bits per heavy atom. The van der Waals surface area contributed by atoms with Crippen molar-refractivity contribution in [3.63, 3.8) is 0 Å². The van der Waals surface area contributed by atoms with Crippen LogP contribution in [0.4, 0.5) is 0 Å². The maximum Gasteiger partial charge on any atom is 0.271 e. The molecule has 106 valence electrons. The first-order chi connectivity index (χ1) is 9.66. The van der Waals surface area contributed by atoms with Gasteiger partial charge in [-0.3, -0.25) is 14.4 Å². The van der Waals surface area contributed by atoms with Crippen molar-refractivity contribution in [3.8, 4) is 0 Å². The van der Waals surface area contributed by atoms with Crippen LogP contribution in [-0.2, 0) is 9.63 Å². The first-order valence-corrected chi connectivity index (χ1v) is 7.72. The summed E-state index contributed by atoms with van der Waals surface area (Å²) in [6.45, 7) is 2.09. The van der Waals surface area contributed by atoms with Crippen molar-refractivity contribution in [1.82, 2.24) is 10.4 Å². The Bertz CT molecular complexity index is 545. The molecule has 2 aliphatic heterocycles. The molecule has 5 nitrogen and oxygen atoms in total. The fourth-order valence-corrected chi connectivity index (χ4v) is 2.97. The summed E-state index contributed by atoms with van der Waals surface area (Å²) in [6.07, 6.45) is 0. The molecule has 2 saturated heterocycles. The van der Waals surface area contributed by atoms with Gasteiger partial charge in [0.1, 0.15) is 12.6 Å². The standard InChI is InChI=1S/C14H16N2O3S/c1-9-4-2-3-5-11(9)13(17)15-12-6-19-16(14(12)18)10-7-20-8-10/h2-5,10,12H,6-8H2,1H3,(H,15,17)/t12-/m1/s1. The van der Waals surface area contributed by atoms with Crippen LogP contribution in [0.1, 0.15) is 15.9 Å². The lowest BCUT2D eigenvalue weighted by Gasteiger charge is -2.32. The van der Waals surface area contributed by atoms with E-state index in [0.29, 0.717) is 5.56 Å². The summed E-state index contributed by atoms with van der Waals surface area (Å²) in [5.41, 5.74) is 1.49. The third-order valence-corrected chi connectivity index (χ3v) is 4.78. The Morgan fingerprint density at radius 2 is 2.15 bits per heavy atom. The monoisotopic (exact) mass is 292 g/mol. The number of carbonyl (C=O) groups excluding carboxylic acids is 2. The van der Waals surface area contributed by atoms with Crippen LogP contribution in [0.15, 0.2) is 24.3 Å². The highest BCUT2D eigenvalue weighted by molar-refractivity contribution is 8.00. The minimum Gasteiger partial charge on any atom is -0.338 e. The number of hydrogen-bond donors (Lipinski definition) is 1. The molecular formula is C14H16N2O3S. The number of nitrogens with one attached hydrogen (secondary N) is 1. The van der Waals surface area contributed by atoms with Crippen LogP contribution in [-0.4, -0.2) is 47.1 Å². The molecule has 2 fully saturated rings. The van der Waals surface area contributed by atoms with Crippen LogP contribution in [0.25, 0.3) is 0 Å². The molecule has 20 heavy (non-hydrogen) atoms. The van der Waals surface area contributed by atoms with E-state index in [1.165, 1.54) is 5.06 Å². The number of hydroxylamine groups is 2. The molecule has 6 heteroatoms. The second-order valence-corrected chi connectivity index (χ2v) is 6.07. The molecule has 0 aromatic heterocycles. The topological polar surface area (TPSA) is 58.6 Å². The largest absolute Gasteiger partial charge is 0.338 e. The van der Waals surface area contributed by atoms with Gasteiger partial charge in [-0.1, -0.05) is 18.2 Å². The molecule has 0 saturated carbocycles. The summed E-state index contributed by atoms with van der Waals surface area (Å²) in [6, 6.07) is 6.91. The van der Waals surface area contributed by atoms with E-state index in [9.17, 15) is 9.59 Å². The van der Waals surface area contributed by atoms with Crippen LogP contribution in [0.3, 0.4) is 0 Å². The Labute approximate surface area is 121 Å². The molecule has 2 amide bonds. The van der Waals surface area contributed by atoms with Gasteiger partial charge >= 0.3 is 0 Å². The van der Waals surface area contributed by atoms with E-state index in [4.69, 9.17) is 4.84 Å². The lowest BCUT2D eigenvalue weighted by molar-refractivity contribution is -0.170. The van der Waals surface area contributed by atoms with Crippen LogP contribution >= 0.6 is 11.8 Å². The van der Waals surface area contributed by atoms with Crippen LogP contribution < -0.4 is 5.32 Å². The average Bonchev–Trinajstić information content (AvgIpc) is 2.70. The Kier molecular flexibility index (Phi) is 3.67. The molecule has 0 bridgehead atoms. The van der Waals surface area contributed by atoms with E-state index in [2.05, 4.69) is 5.32 Å². The first-order valence-electron chi connectivity index (χ1n) is 6.57. The number of rotatable bonds is 3. The van der Waals surface area contributed by atoms with Crippen LogP contribution in [0.5, 0.6) is 0 Å². The van der Waals surface area contributed by atoms with Gasteiger partial charge in [-0.15, -0.1) is 0 Å². The average molecular weight is 292 g/mol. The number of nitrogens with zero attached hydrogens (tertiary/aromatic N) is 1. The second-order valence-electron chi connectivity index (χ2n) is 4.99. The number of amides is 2. The van der Waals surface area contributed by atoms with Crippen molar-refractivity contribution in [2.75, 3.05) is 18.1 Å². The van der Waals surface area contributed by atoms with Crippen molar-refractivity contribution in [3.05, 3.63) is 35.4 Å². The Hall–Kier alpha value is -1.53. The lowest BCUT2D eigenvalue weighted by atomic mass is 10.1. The summed E-state index contributed by atoms with van der Waals surface area (Å²) in [5, 5.41) is 4.19. The Balaban J connectivity index is 1.65. The zero-order valence-electron chi connectivity index (χ0n) is 11.2. The molecule has 1 N–H and O–H groups in total. The van der Waals surface area contributed by atoms with Gasteiger partial charge in [-0.25, -0.2) is 5.06 Å². The molecule has 0 spiro atoms. The molecule has 0 radical (unpaired) electrons. The number of hydrogen-bond acceptors (Lipinski definition) is 4. The van der Waals surface area contributed by atoms with Crippen molar-refractivity contribution in [2.24, 2.45) is 0 Å². The van der Waals surface area contributed by atoms with Gasteiger partial charge in [0.25, 0.3) is 11.8 Å². The number of benzene rings is 1. The summed E-state index contributed by atoms with van der Waals surface area (Å²) >= 11 is 1.79. The normalized spacial score (nSPS) is 22.8. The number of thioether (sulfide) groups is 1. The van der Waals surface area contributed by atoms with E-state index in [1.807, 2.05) is 25.1 Å². The van der Waals surface area contributed by atoms with Gasteiger partial charge in [-0.05, 0) is 18.6 Å². The highest BCUT2D eigenvalue weighted by Gasteiger charge is 2.40. The fourth-order valence-electron chi connectivity index (χ4n) is 2.25. The van der Waals surface area contributed by atoms with Crippen LogP contribution in [0, 0.1) is 6.92 Å². The van der Waals surface area contributed by atoms with Gasteiger partial charge in [0.2, 0.25) is 0 Å². The summed E-state index contributed by atoms with van der Waals surface area (Å²) in [4.78, 5) is 29.8. The van der Waals surface area contributed by atoms with Crippen LogP contribution in [0.2, 0.25) is 0 Å². The highest BCUT2D eigenvalue weighted by atomic mass is 32.2. The maximum absolute atomic E-state index is 12.2. The Morgan fingerprint density at radius 3 is 2.80 bits per heavy atom. The molecule has 2 heterocycles. The van der Waals surface area contributed by atoms with Gasteiger partial charge in [0.05, 0.1) is 6.04 Å². The van der Waals surface area contributed by atoms with Gasteiger partial charge in [0.15, 0.2) is 0 Å².